The number of Topliss-reactive ketones (excluding diaryl/α,β-unsaturated/α-hetero) is 1. The number of carbonyl (C=O) groups is 1. The summed E-state index contributed by atoms with van der Waals surface area (Å²) in [6.45, 7) is 0. The van der Waals surface area contributed by atoms with Crippen LogP contribution < -0.4 is 0 Å². The van der Waals surface area contributed by atoms with Crippen molar-refractivity contribution in [3.05, 3.63) is 34.3 Å². The molecular formula is C12H13BrOS. The van der Waals surface area contributed by atoms with E-state index in [1.807, 2.05) is 36.0 Å². The van der Waals surface area contributed by atoms with E-state index < -0.39 is 0 Å². The third-order valence-corrected chi connectivity index (χ3v) is 4.51. The second kappa shape index (κ2) is 5.17. The molecule has 1 heterocycles. The van der Waals surface area contributed by atoms with Crippen LogP contribution in [0.25, 0.3) is 0 Å². The van der Waals surface area contributed by atoms with Crippen molar-refractivity contribution in [3.63, 3.8) is 0 Å². The Morgan fingerprint density at radius 1 is 1.27 bits per heavy atom. The van der Waals surface area contributed by atoms with Gasteiger partial charge in [0.15, 0.2) is 5.78 Å². The lowest BCUT2D eigenvalue weighted by atomic mass is 10.0. The molecule has 0 spiro atoms. The van der Waals surface area contributed by atoms with E-state index in [9.17, 15) is 4.79 Å². The lowest BCUT2D eigenvalue weighted by Gasteiger charge is -2.19. The summed E-state index contributed by atoms with van der Waals surface area (Å²) in [5.41, 5.74) is 0.845. The number of halogens is 1. The van der Waals surface area contributed by atoms with Gasteiger partial charge in [0.2, 0.25) is 0 Å². The van der Waals surface area contributed by atoms with Gasteiger partial charge < -0.3 is 0 Å². The highest BCUT2D eigenvalue weighted by Crippen LogP contribution is 2.28. The molecule has 1 aliphatic rings. The van der Waals surface area contributed by atoms with Crippen molar-refractivity contribution >= 4 is 33.5 Å². The molecule has 1 atom stereocenters. The fourth-order valence-electron chi connectivity index (χ4n) is 1.75. The Bertz CT molecular complexity index is 341. The highest BCUT2D eigenvalue weighted by molar-refractivity contribution is 9.10. The van der Waals surface area contributed by atoms with E-state index in [2.05, 4.69) is 15.9 Å². The predicted octanol–water partition coefficient (Wildman–Crippen LogP) is 3.92. The van der Waals surface area contributed by atoms with Crippen LogP contribution in [-0.2, 0) is 0 Å². The van der Waals surface area contributed by atoms with Crippen LogP contribution in [0.3, 0.4) is 0 Å². The lowest BCUT2D eigenvalue weighted by molar-refractivity contribution is 0.0985. The molecule has 1 fully saturated rings. The monoisotopic (exact) mass is 284 g/mol. The van der Waals surface area contributed by atoms with E-state index in [0.717, 1.165) is 22.2 Å². The van der Waals surface area contributed by atoms with Gasteiger partial charge in [-0.3, -0.25) is 4.79 Å². The summed E-state index contributed by atoms with van der Waals surface area (Å²) in [5.74, 6) is 1.43. The zero-order valence-corrected chi connectivity index (χ0v) is 10.8. The molecule has 0 amide bonds. The molecule has 1 aromatic rings. The second-order valence-corrected chi connectivity index (χ2v) is 5.95. The molecule has 80 valence electrons. The van der Waals surface area contributed by atoms with E-state index in [1.165, 1.54) is 12.8 Å². The molecule has 1 nitrogen and oxygen atoms in total. The van der Waals surface area contributed by atoms with Gasteiger partial charge in [0, 0.05) is 10.0 Å². The number of carbonyl (C=O) groups excluding carboxylic acids is 1. The van der Waals surface area contributed by atoms with Gasteiger partial charge in [-0.1, -0.05) is 34.5 Å². The van der Waals surface area contributed by atoms with Gasteiger partial charge in [0.25, 0.3) is 0 Å². The molecule has 2 rings (SSSR count). The van der Waals surface area contributed by atoms with Crippen LogP contribution in [0, 0.1) is 0 Å². The molecule has 1 unspecified atom stereocenters. The van der Waals surface area contributed by atoms with Crippen molar-refractivity contribution in [2.24, 2.45) is 0 Å². The maximum Gasteiger partial charge on any atom is 0.175 e. The van der Waals surface area contributed by atoms with Gasteiger partial charge in [-0.2, -0.15) is 11.8 Å². The van der Waals surface area contributed by atoms with E-state index in [1.54, 1.807) is 0 Å². The average molecular weight is 285 g/mol. The van der Waals surface area contributed by atoms with Crippen molar-refractivity contribution in [1.82, 2.24) is 0 Å². The zero-order valence-electron chi connectivity index (χ0n) is 8.41. The van der Waals surface area contributed by atoms with Gasteiger partial charge in [-0.05, 0) is 30.7 Å². The normalized spacial score (nSPS) is 21.3. The molecular weight excluding hydrogens is 272 g/mol. The first-order valence-electron chi connectivity index (χ1n) is 5.19. The lowest BCUT2D eigenvalue weighted by Crippen LogP contribution is -2.20. The summed E-state index contributed by atoms with van der Waals surface area (Å²) in [6.07, 6.45) is 3.49. The molecule has 0 aliphatic carbocycles. The molecule has 0 aromatic heterocycles. The fourth-order valence-corrected chi connectivity index (χ4v) is 3.29. The Balaban J connectivity index is 2.09. The van der Waals surface area contributed by atoms with Crippen molar-refractivity contribution in [3.8, 4) is 0 Å². The van der Waals surface area contributed by atoms with Crippen LogP contribution in [0.2, 0.25) is 0 Å². The summed E-state index contributed by atoms with van der Waals surface area (Å²) >= 11 is 5.18. The SMILES string of the molecule is O=C(c1ccc(Br)cc1)C1CCCCS1. The van der Waals surface area contributed by atoms with Gasteiger partial charge in [-0.25, -0.2) is 0 Å². The Morgan fingerprint density at radius 2 is 2.00 bits per heavy atom. The third-order valence-electron chi connectivity index (χ3n) is 2.60. The number of hydrogen-bond acceptors (Lipinski definition) is 2. The van der Waals surface area contributed by atoms with Crippen molar-refractivity contribution in [2.75, 3.05) is 5.75 Å². The largest absolute Gasteiger partial charge is 0.293 e. The first-order chi connectivity index (χ1) is 7.27. The van der Waals surface area contributed by atoms with Crippen LogP contribution in [-0.4, -0.2) is 16.8 Å². The fraction of sp³-hybridized carbons (Fsp3) is 0.417. The number of hydrogen-bond donors (Lipinski definition) is 0. The van der Waals surface area contributed by atoms with E-state index in [0.29, 0.717) is 5.78 Å². The molecule has 1 saturated heterocycles. The standard InChI is InChI=1S/C12H13BrOS/c13-10-6-4-9(5-7-10)12(14)11-3-1-2-8-15-11/h4-7,11H,1-3,8H2. The Labute approximate surface area is 103 Å². The van der Waals surface area contributed by atoms with Crippen LogP contribution in [0.5, 0.6) is 0 Å². The average Bonchev–Trinajstić information content (AvgIpc) is 2.30. The van der Waals surface area contributed by atoms with Crippen LogP contribution in [0.15, 0.2) is 28.7 Å². The molecule has 1 aromatic carbocycles. The summed E-state index contributed by atoms with van der Waals surface area (Å²) in [5, 5.41) is 0.194. The first kappa shape index (κ1) is 11.2. The van der Waals surface area contributed by atoms with Gasteiger partial charge in [0.05, 0.1) is 5.25 Å². The third kappa shape index (κ3) is 2.85. The van der Waals surface area contributed by atoms with Gasteiger partial charge in [0.1, 0.15) is 0 Å². The molecule has 0 N–H and O–H groups in total. The maximum atomic E-state index is 12.1. The van der Waals surface area contributed by atoms with Crippen LogP contribution in [0.4, 0.5) is 0 Å². The number of thioether (sulfide) groups is 1. The van der Waals surface area contributed by atoms with Crippen molar-refractivity contribution < 1.29 is 4.79 Å². The highest BCUT2D eigenvalue weighted by atomic mass is 79.9. The minimum atomic E-state index is 0.194. The second-order valence-electron chi connectivity index (χ2n) is 3.73. The van der Waals surface area contributed by atoms with Crippen LogP contribution in [0.1, 0.15) is 29.6 Å². The molecule has 3 heteroatoms. The van der Waals surface area contributed by atoms with Crippen molar-refractivity contribution in [2.45, 2.75) is 24.5 Å². The number of ketones is 1. The maximum absolute atomic E-state index is 12.1. The smallest absolute Gasteiger partial charge is 0.175 e. The minimum Gasteiger partial charge on any atom is -0.293 e. The first-order valence-corrected chi connectivity index (χ1v) is 7.03. The Hall–Kier alpha value is -0.280. The zero-order chi connectivity index (χ0) is 10.7. The molecule has 15 heavy (non-hydrogen) atoms. The quantitative estimate of drug-likeness (QED) is 0.766. The summed E-state index contributed by atoms with van der Waals surface area (Å²) in [4.78, 5) is 12.1. The van der Waals surface area contributed by atoms with E-state index >= 15 is 0 Å². The molecule has 0 saturated carbocycles. The molecule has 0 radical (unpaired) electrons. The number of rotatable bonds is 2. The van der Waals surface area contributed by atoms with Gasteiger partial charge >= 0.3 is 0 Å². The Kier molecular flexibility index (Phi) is 3.87. The van der Waals surface area contributed by atoms with E-state index in [-0.39, 0.29) is 5.25 Å². The predicted molar refractivity (Wildman–Crippen MR) is 68.6 cm³/mol. The summed E-state index contributed by atoms with van der Waals surface area (Å²) in [7, 11) is 0. The molecule has 0 bridgehead atoms. The van der Waals surface area contributed by atoms with E-state index in [4.69, 9.17) is 0 Å². The van der Waals surface area contributed by atoms with Crippen molar-refractivity contribution in [1.29, 1.82) is 0 Å². The Morgan fingerprint density at radius 3 is 2.60 bits per heavy atom. The topological polar surface area (TPSA) is 17.1 Å². The summed E-state index contributed by atoms with van der Waals surface area (Å²) in [6, 6.07) is 7.67. The van der Waals surface area contributed by atoms with Gasteiger partial charge in [-0.15, -0.1) is 0 Å². The number of benzene rings is 1. The minimum absolute atomic E-state index is 0.194. The summed E-state index contributed by atoms with van der Waals surface area (Å²) < 4.78 is 1.02. The van der Waals surface area contributed by atoms with Crippen LogP contribution >= 0.6 is 27.7 Å². The highest BCUT2D eigenvalue weighted by Gasteiger charge is 2.22. The molecule has 1 aliphatic heterocycles.